The summed E-state index contributed by atoms with van der Waals surface area (Å²) in [5.41, 5.74) is 7.74. The van der Waals surface area contributed by atoms with Crippen molar-refractivity contribution in [1.82, 2.24) is 0 Å². The Hall–Kier alpha value is -1.34. The fourth-order valence-corrected chi connectivity index (χ4v) is 3.23. The van der Waals surface area contributed by atoms with E-state index < -0.39 is 0 Å². The van der Waals surface area contributed by atoms with Gasteiger partial charge in [0, 0.05) is 6.04 Å². The summed E-state index contributed by atoms with van der Waals surface area (Å²) >= 11 is 0. The lowest BCUT2D eigenvalue weighted by Gasteiger charge is -2.33. The van der Waals surface area contributed by atoms with Crippen LogP contribution in [0.2, 0.25) is 0 Å². The van der Waals surface area contributed by atoms with Gasteiger partial charge in [-0.05, 0) is 47.4 Å². The number of rotatable bonds is 1. The molecule has 1 aliphatic rings. The summed E-state index contributed by atoms with van der Waals surface area (Å²) in [6.45, 7) is 2.35. The van der Waals surface area contributed by atoms with Crippen LogP contribution in [0.25, 0.3) is 10.8 Å². The van der Waals surface area contributed by atoms with Gasteiger partial charge in [-0.1, -0.05) is 49.4 Å². The Morgan fingerprint density at radius 2 is 1.78 bits per heavy atom. The minimum absolute atomic E-state index is 0.336. The van der Waals surface area contributed by atoms with E-state index in [2.05, 4.69) is 49.4 Å². The van der Waals surface area contributed by atoms with Crippen LogP contribution >= 0.6 is 0 Å². The summed E-state index contributed by atoms with van der Waals surface area (Å²) in [6, 6.07) is 15.7. The second kappa shape index (κ2) is 4.74. The summed E-state index contributed by atoms with van der Waals surface area (Å²) < 4.78 is 0. The number of fused-ring (bicyclic) bond motifs is 1. The third-order valence-corrected chi connectivity index (χ3v) is 4.37. The number of hydrogen-bond donors (Lipinski definition) is 1. The van der Waals surface area contributed by atoms with E-state index in [1.54, 1.807) is 0 Å². The highest BCUT2D eigenvalue weighted by molar-refractivity contribution is 5.83. The van der Waals surface area contributed by atoms with Crippen LogP contribution in [-0.4, -0.2) is 6.04 Å². The maximum atomic E-state index is 6.32. The second-order valence-corrected chi connectivity index (χ2v) is 5.80. The Morgan fingerprint density at radius 3 is 2.61 bits per heavy atom. The first-order valence-electron chi connectivity index (χ1n) is 6.98. The lowest BCUT2D eigenvalue weighted by molar-refractivity contribution is 0.306. The molecule has 0 aromatic heterocycles. The number of benzene rings is 2. The Morgan fingerprint density at radius 1 is 1.00 bits per heavy atom. The molecule has 0 bridgehead atoms. The fourth-order valence-electron chi connectivity index (χ4n) is 3.23. The Labute approximate surface area is 109 Å². The normalized spacial score (nSPS) is 28.4. The van der Waals surface area contributed by atoms with E-state index in [4.69, 9.17) is 5.73 Å². The van der Waals surface area contributed by atoms with E-state index in [-0.39, 0.29) is 0 Å². The van der Waals surface area contributed by atoms with Crippen LogP contribution < -0.4 is 5.73 Å². The van der Waals surface area contributed by atoms with Gasteiger partial charge >= 0.3 is 0 Å². The summed E-state index contributed by atoms with van der Waals surface area (Å²) in [7, 11) is 0. The quantitative estimate of drug-likeness (QED) is 0.797. The molecule has 1 nitrogen and oxygen atoms in total. The van der Waals surface area contributed by atoms with Gasteiger partial charge in [-0.2, -0.15) is 0 Å². The predicted molar refractivity (Wildman–Crippen MR) is 77.7 cm³/mol. The first-order chi connectivity index (χ1) is 8.74. The van der Waals surface area contributed by atoms with Gasteiger partial charge in [0.2, 0.25) is 0 Å². The predicted octanol–water partition coefficient (Wildman–Crippen LogP) is 4.07. The summed E-state index contributed by atoms with van der Waals surface area (Å²) in [4.78, 5) is 0. The standard InChI is InChI=1S/C17H21N/c1-12-6-9-17(18)16(10-12)15-8-7-13-4-2-3-5-14(13)11-15/h2-5,7-8,11-12,16-17H,6,9-10,18H2,1H3. The van der Waals surface area contributed by atoms with Crippen LogP contribution in [0.4, 0.5) is 0 Å². The molecule has 2 aromatic carbocycles. The van der Waals surface area contributed by atoms with Crippen molar-refractivity contribution in [2.75, 3.05) is 0 Å². The molecule has 1 fully saturated rings. The fraction of sp³-hybridized carbons (Fsp3) is 0.412. The van der Waals surface area contributed by atoms with Gasteiger partial charge in [-0.15, -0.1) is 0 Å². The number of hydrogen-bond acceptors (Lipinski definition) is 1. The first-order valence-corrected chi connectivity index (χ1v) is 6.98. The van der Waals surface area contributed by atoms with E-state index in [1.165, 1.54) is 35.6 Å². The SMILES string of the molecule is CC1CCC(N)C(c2ccc3ccccc3c2)C1. The minimum atomic E-state index is 0.336. The zero-order valence-electron chi connectivity index (χ0n) is 11.0. The lowest BCUT2D eigenvalue weighted by atomic mass is 9.75. The number of nitrogens with two attached hydrogens (primary N) is 1. The second-order valence-electron chi connectivity index (χ2n) is 5.80. The molecule has 0 radical (unpaired) electrons. The molecule has 18 heavy (non-hydrogen) atoms. The van der Waals surface area contributed by atoms with Gasteiger partial charge in [-0.3, -0.25) is 0 Å². The molecule has 3 rings (SSSR count). The van der Waals surface area contributed by atoms with Gasteiger partial charge in [0.1, 0.15) is 0 Å². The van der Waals surface area contributed by atoms with Crippen molar-refractivity contribution in [3.63, 3.8) is 0 Å². The van der Waals surface area contributed by atoms with Crippen molar-refractivity contribution in [3.05, 3.63) is 48.0 Å². The zero-order valence-corrected chi connectivity index (χ0v) is 11.0. The third-order valence-electron chi connectivity index (χ3n) is 4.37. The minimum Gasteiger partial charge on any atom is -0.327 e. The molecular weight excluding hydrogens is 218 g/mol. The maximum Gasteiger partial charge on any atom is 0.0108 e. The topological polar surface area (TPSA) is 26.0 Å². The molecule has 2 N–H and O–H groups in total. The highest BCUT2D eigenvalue weighted by Crippen LogP contribution is 2.36. The van der Waals surface area contributed by atoms with Crippen LogP contribution in [0.1, 0.15) is 37.7 Å². The average Bonchev–Trinajstić information content (AvgIpc) is 2.41. The Bertz CT molecular complexity index is 546. The molecule has 0 spiro atoms. The molecule has 0 amide bonds. The first kappa shape index (κ1) is 11.7. The highest BCUT2D eigenvalue weighted by atomic mass is 14.7. The third kappa shape index (κ3) is 2.15. The molecule has 94 valence electrons. The largest absolute Gasteiger partial charge is 0.327 e. The van der Waals surface area contributed by atoms with E-state index in [0.717, 1.165) is 5.92 Å². The van der Waals surface area contributed by atoms with Gasteiger partial charge in [0.25, 0.3) is 0 Å². The summed E-state index contributed by atoms with van der Waals surface area (Å²) in [6.07, 6.45) is 3.68. The van der Waals surface area contributed by atoms with Crippen LogP contribution in [0.5, 0.6) is 0 Å². The van der Waals surface area contributed by atoms with Crippen molar-refractivity contribution in [1.29, 1.82) is 0 Å². The molecule has 1 aliphatic carbocycles. The van der Waals surface area contributed by atoms with Crippen LogP contribution in [-0.2, 0) is 0 Å². The average molecular weight is 239 g/mol. The van der Waals surface area contributed by atoms with Crippen LogP contribution in [0.15, 0.2) is 42.5 Å². The van der Waals surface area contributed by atoms with Crippen LogP contribution in [0.3, 0.4) is 0 Å². The van der Waals surface area contributed by atoms with Crippen LogP contribution in [0, 0.1) is 5.92 Å². The molecular formula is C17H21N. The molecule has 2 aromatic rings. The van der Waals surface area contributed by atoms with E-state index in [1.807, 2.05) is 0 Å². The smallest absolute Gasteiger partial charge is 0.0108 e. The molecule has 1 heteroatoms. The Balaban J connectivity index is 1.97. The van der Waals surface area contributed by atoms with Crippen molar-refractivity contribution in [3.8, 4) is 0 Å². The monoisotopic (exact) mass is 239 g/mol. The molecule has 3 atom stereocenters. The van der Waals surface area contributed by atoms with E-state index >= 15 is 0 Å². The lowest BCUT2D eigenvalue weighted by Crippen LogP contribution is -2.33. The van der Waals surface area contributed by atoms with Crippen molar-refractivity contribution in [2.45, 2.75) is 38.1 Å². The van der Waals surface area contributed by atoms with E-state index in [0.29, 0.717) is 12.0 Å². The van der Waals surface area contributed by atoms with Gasteiger partial charge in [-0.25, -0.2) is 0 Å². The van der Waals surface area contributed by atoms with E-state index in [9.17, 15) is 0 Å². The molecule has 3 unspecified atom stereocenters. The van der Waals surface area contributed by atoms with Gasteiger partial charge in [0.15, 0.2) is 0 Å². The van der Waals surface area contributed by atoms with Crippen molar-refractivity contribution in [2.24, 2.45) is 11.7 Å². The maximum absolute atomic E-state index is 6.32. The molecule has 0 heterocycles. The molecule has 0 aliphatic heterocycles. The summed E-state index contributed by atoms with van der Waals surface area (Å²) in [5.74, 6) is 1.35. The van der Waals surface area contributed by atoms with Crippen molar-refractivity contribution < 1.29 is 0 Å². The molecule has 0 saturated heterocycles. The summed E-state index contributed by atoms with van der Waals surface area (Å²) in [5, 5.41) is 2.65. The Kier molecular flexibility index (Phi) is 3.09. The van der Waals surface area contributed by atoms with Gasteiger partial charge < -0.3 is 5.73 Å². The zero-order chi connectivity index (χ0) is 12.5. The van der Waals surface area contributed by atoms with Crippen molar-refractivity contribution >= 4 is 10.8 Å². The highest BCUT2D eigenvalue weighted by Gasteiger charge is 2.27. The molecule has 1 saturated carbocycles. The van der Waals surface area contributed by atoms with Gasteiger partial charge in [0.05, 0.1) is 0 Å².